The minimum atomic E-state index is -4.67. The van der Waals surface area contributed by atoms with Gasteiger partial charge in [-0.05, 0) is 66.8 Å². The van der Waals surface area contributed by atoms with Crippen molar-refractivity contribution in [1.82, 2.24) is 0 Å². The molecule has 178 valence electrons. The lowest BCUT2D eigenvalue weighted by Gasteiger charge is -2.39. The Hall–Kier alpha value is -3.28. The van der Waals surface area contributed by atoms with Crippen molar-refractivity contribution in [3.63, 3.8) is 0 Å². The number of methoxy groups -OCH3 is 1. The third-order valence-corrected chi connectivity index (χ3v) is 6.70. The number of hydrogen-bond acceptors (Lipinski definition) is 3. The number of rotatable bonds is 5. The first-order valence-corrected chi connectivity index (χ1v) is 11.4. The molecular formula is C28H27F3O3. The van der Waals surface area contributed by atoms with E-state index in [2.05, 4.69) is 0 Å². The molecule has 0 atom stereocenters. The third kappa shape index (κ3) is 4.67. The van der Waals surface area contributed by atoms with Crippen LogP contribution in [0.5, 0.6) is 11.5 Å². The number of halogens is 3. The van der Waals surface area contributed by atoms with Crippen LogP contribution in [0.4, 0.5) is 13.2 Å². The predicted octanol–water partition coefficient (Wildman–Crippen LogP) is 7.49. The topological polar surface area (TPSA) is 35.5 Å². The van der Waals surface area contributed by atoms with Crippen molar-refractivity contribution in [1.29, 1.82) is 0 Å². The molecule has 0 bridgehead atoms. The van der Waals surface area contributed by atoms with Crippen molar-refractivity contribution in [2.45, 2.75) is 50.6 Å². The van der Waals surface area contributed by atoms with Crippen LogP contribution < -0.4 is 9.47 Å². The summed E-state index contributed by atoms with van der Waals surface area (Å²) in [5.41, 5.74) is 1.21. The summed E-state index contributed by atoms with van der Waals surface area (Å²) in [6.07, 6.45) is -0.267. The van der Waals surface area contributed by atoms with Gasteiger partial charge in [0, 0.05) is 5.41 Å². The largest absolute Gasteiger partial charge is 0.496 e. The molecule has 3 nitrogen and oxygen atoms in total. The van der Waals surface area contributed by atoms with Gasteiger partial charge >= 0.3 is 12.1 Å². The van der Waals surface area contributed by atoms with Crippen molar-refractivity contribution in [2.75, 3.05) is 7.11 Å². The molecule has 1 aliphatic carbocycles. The maximum absolute atomic E-state index is 14.1. The highest BCUT2D eigenvalue weighted by Gasteiger charge is 2.40. The maximum Gasteiger partial charge on any atom is 0.419 e. The number of carbonyl (C=O) groups excluding carboxylic acids is 1. The molecule has 3 aromatic carbocycles. The van der Waals surface area contributed by atoms with Crippen molar-refractivity contribution < 1.29 is 27.4 Å². The van der Waals surface area contributed by atoms with Gasteiger partial charge in [-0.25, -0.2) is 4.79 Å². The van der Waals surface area contributed by atoms with E-state index in [4.69, 9.17) is 9.47 Å². The first-order valence-electron chi connectivity index (χ1n) is 11.4. The Morgan fingerprint density at radius 1 is 0.853 bits per heavy atom. The number of aryl methyl sites for hydroxylation is 1. The minimum Gasteiger partial charge on any atom is -0.496 e. The molecule has 1 aliphatic rings. The zero-order valence-electron chi connectivity index (χ0n) is 19.2. The number of esters is 1. The zero-order valence-corrected chi connectivity index (χ0v) is 19.2. The van der Waals surface area contributed by atoms with Crippen LogP contribution in [-0.2, 0) is 11.6 Å². The predicted molar refractivity (Wildman–Crippen MR) is 124 cm³/mol. The number of hydrogen-bond donors (Lipinski definition) is 0. The summed E-state index contributed by atoms with van der Waals surface area (Å²) in [4.78, 5) is 12.5. The molecule has 4 rings (SSSR count). The normalized spacial score (nSPS) is 15.6. The summed E-state index contributed by atoms with van der Waals surface area (Å²) in [5.74, 6) is -0.562. The highest BCUT2D eigenvalue weighted by molar-refractivity contribution is 5.91. The summed E-state index contributed by atoms with van der Waals surface area (Å²) in [6, 6.07) is 18.0. The van der Waals surface area contributed by atoms with Gasteiger partial charge < -0.3 is 9.47 Å². The molecule has 0 N–H and O–H groups in total. The van der Waals surface area contributed by atoms with E-state index >= 15 is 0 Å². The third-order valence-electron chi connectivity index (χ3n) is 6.70. The standard InChI is InChI=1S/C28H27F3O3/c1-19-17-21(11-13-24(19)33-2)27(15-7-4-8-16-27)22-12-14-25(23(18-22)28(29,30)31)34-26(32)20-9-5-3-6-10-20/h3,5-6,9-14,17-18H,4,7-8,15-16H2,1-2H3. The second-order valence-corrected chi connectivity index (χ2v) is 8.79. The molecule has 0 heterocycles. The molecule has 0 amide bonds. The van der Waals surface area contributed by atoms with Gasteiger partial charge in [-0.1, -0.05) is 55.7 Å². The van der Waals surface area contributed by atoms with Gasteiger partial charge in [0.15, 0.2) is 0 Å². The van der Waals surface area contributed by atoms with Gasteiger partial charge in [0.05, 0.1) is 18.2 Å². The summed E-state index contributed by atoms with van der Waals surface area (Å²) < 4.78 is 53.0. The first kappa shape index (κ1) is 23.9. The van der Waals surface area contributed by atoms with Gasteiger partial charge in [-0.3, -0.25) is 0 Å². The van der Waals surface area contributed by atoms with E-state index in [1.807, 2.05) is 25.1 Å². The quantitative estimate of drug-likeness (QED) is 0.287. The Morgan fingerprint density at radius 2 is 1.47 bits per heavy atom. The molecule has 0 aliphatic heterocycles. The average Bonchev–Trinajstić information content (AvgIpc) is 2.84. The van der Waals surface area contributed by atoms with Gasteiger partial charge in [-0.15, -0.1) is 0 Å². The molecule has 0 aromatic heterocycles. The Morgan fingerprint density at radius 3 is 2.06 bits per heavy atom. The Balaban J connectivity index is 1.79. The monoisotopic (exact) mass is 468 g/mol. The Labute approximate surface area is 197 Å². The summed E-state index contributed by atoms with van der Waals surface area (Å²) in [5, 5.41) is 0. The highest BCUT2D eigenvalue weighted by atomic mass is 19.4. The number of alkyl halides is 3. The van der Waals surface area contributed by atoms with Gasteiger partial charge in [0.2, 0.25) is 0 Å². The van der Waals surface area contributed by atoms with E-state index in [0.29, 0.717) is 5.56 Å². The number of carbonyl (C=O) groups is 1. The van der Waals surface area contributed by atoms with E-state index in [1.165, 1.54) is 24.3 Å². The van der Waals surface area contributed by atoms with Crippen LogP contribution in [-0.4, -0.2) is 13.1 Å². The Bertz CT molecular complexity index is 1160. The average molecular weight is 469 g/mol. The molecule has 6 heteroatoms. The van der Waals surface area contributed by atoms with E-state index < -0.39 is 28.9 Å². The van der Waals surface area contributed by atoms with Gasteiger partial charge in [0.1, 0.15) is 11.5 Å². The van der Waals surface area contributed by atoms with E-state index in [9.17, 15) is 18.0 Å². The fourth-order valence-electron chi connectivity index (χ4n) is 4.95. The van der Waals surface area contributed by atoms with Crippen LogP contribution in [0.2, 0.25) is 0 Å². The minimum absolute atomic E-state index is 0.192. The van der Waals surface area contributed by atoms with Crippen LogP contribution in [0.15, 0.2) is 66.7 Å². The van der Waals surface area contributed by atoms with Crippen LogP contribution in [0.1, 0.15) is 64.7 Å². The lowest BCUT2D eigenvalue weighted by atomic mass is 9.65. The van der Waals surface area contributed by atoms with Crippen molar-refractivity contribution in [3.8, 4) is 11.5 Å². The summed E-state index contributed by atoms with van der Waals surface area (Å²) >= 11 is 0. The SMILES string of the molecule is COc1ccc(C2(c3ccc(OC(=O)c4ccccc4)c(C(F)(F)F)c3)CCCCC2)cc1C. The summed E-state index contributed by atoms with van der Waals surface area (Å²) in [6.45, 7) is 1.94. The first-order chi connectivity index (χ1) is 16.2. The Kier molecular flexibility index (Phi) is 6.69. The lowest BCUT2D eigenvalue weighted by molar-refractivity contribution is -0.138. The van der Waals surface area contributed by atoms with Crippen molar-refractivity contribution in [3.05, 3.63) is 94.5 Å². The summed E-state index contributed by atoms with van der Waals surface area (Å²) in [7, 11) is 1.60. The van der Waals surface area contributed by atoms with Crippen molar-refractivity contribution >= 4 is 5.97 Å². The van der Waals surface area contributed by atoms with Gasteiger partial charge in [-0.2, -0.15) is 13.2 Å². The molecule has 3 aromatic rings. The zero-order chi connectivity index (χ0) is 24.3. The van der Waals surface area contributed by atoms with E-state index in [-0.39, 0.29) is 5.56 Å². The smallest absolute Gasteiger partial charge is 0.419 e. The lowest BCUT2D eigenvalue weighted by Crippen LogP contribution is -2.31. The van der Waals surface area contributed by atoms with Crippen molar-refractivity contribution in [2.24, 2.45) is 0 Å². The fourth-order valence-corrected chi connectivity index (χ4v) is 4.95. The number of benzene rings is 3. The molecule has 0 spiro atoms. The molecule has 0 saturated heterocycles. The molecule has 0 unspecified atom stereocenters. The molecular weight excluding hydrogens is 441 g/mol. The molecule has 34 heavy (non-hydrogen) atoms. The molecule has 0 radical (unpaired) electrons. The van der Waals surface area contributed by atoms with Crippen LogP contribution in [0, 0.1) is 6.92 Å². The number of ether oxygens (including phenoxy) is 2. The molecule has 1 saturated carbocycles. The van der Waals surface area contributed by atoms with E-state index in [0.717, 1.165) is 49.0 Å². The van der Waals surface area contributed by atoms with E-state index in [1.54, 1.807) is 31.4 Å². The molecule has 1 fully saturated rings. The van der Waals surface area contributed by atoms with Crippen LogP contribution in [0.3, 0.4) is 0 Å². The fraction of sp³-hybridized carbons (Fsp3) is 0.321. The highest BCUT2D eigenvalue weighted by Crippen LogP contribution is 2.48. The van der Waals surface area contributed by atoms with Crippen LogP contribution >= 0.6 is 0 Å². The second-order valence-electron chi connectivity index (χ2n) is 8.79. The van der Waals surface area contributed by atoms with Crippen LogP contribution in [0.25, 0.3) is 0 Å². The maximum atomic E-state index is 14.1. The van der Waals surface area contributed by atoms with Gasteiger partial charge in [0.25, 0.3) is 0 Å². The second kappa shape index (κ2) is 9.53.